The lowest BCUT2D eigenvalue weighted by atomic mass is 10.1. The van der Waals surface area contributed by atoms with Gasteiger partial charge in [-0.3, -0.25) is 15.1 Å². The van der Waals surface area contributed by atoms with E-state index >= 15 is 0 Å². The van der Waals surface area contributed by atoms with Crippen LogP contribution in [0.4, 0.5) is 0 Å². The van der Waals surface area contributed by atoms with Gasteiger partial charge in [-0.2, -0.15) is 0 Å². The Labute approximate surface area is 195 Å². The minimum Gasteiger partial charge on any atom is -0.495 e. The van der Waals surface area contributed by atoms with Crippen molar-refractivity contribution >= 4 is 60.4 Å². The quantitative estimate of drug-likeness (QED) is 0.572. The van der Waals surface area contributed by atoms with Gasteiger partial charge in [-0.05, 0) is 40.5 Å². The molecule has 4 rings (SSSR count). The molecule has 2 heterocycles. The summed E-state index contributed by atoms with van der Waals surface area (Å²) in [6.07, 6.45) is 1.61. The third kappa shape index (κ3) is 4.02. The third-order valence-corrected chi connectivity index (χ3v) is 6.77. The highest BCUT2D eigenvalue weighted by Crippen LogP contribution is 2.41. The lowest BCUT2D eigenvalue weighted by molar-refractivity contribution is -0.116. The molecule has 0 saturated carbocycles. The second kappa shape index (κ2) is 9.11. The molecule has 0 bridgehead atoms. The molecule has 156 valence electrons. The van der Waals surface area contributed by atoms with Gasteiger partial charge in [0, 0.05) is 21.0 Å². The highest BCUT2D eigenvalue weighted by Gasteiger charge is 2.36. The van der Waals surface area contributed by atoms with Crippen LogP contribution in [0.2, 0.25) is 0 Å². The van der Waals surface area contributed by atoms with E-state index in [-0.39, 0.29) is 5.91 Å². The van der Waals surface area contributed by atoms with Crippen LogP contribution in [0.3, 0.4) is 0 Å². The maximum absolute atomic E-state index is 13.1. The molecule has 2 aromatic carbocycles. The molecule has 0 spiro atoms. The summed E-state index contributed by atoms with van der Waals surface area (Å²) in [5.74, 6) is 1.37. The maximum atomic E-state index is 13.1. The number of fused-ring (bicyclic) bond motifs is 2. The van der Waals surface area contributed by atoms with Gasteiger partial charge in [0.25, 0.3) is 5.91 Å². The molecule has 30 heavy (non-hydrogen) atoms. The first kappa shape index (κ1) is 21.4. The molecule has 0 aromatic heterocycles. The Kier molecular flexibility index (Phi) is 6.50. The number of unbranched alkanes of at least 4 members (excludes halogenated alkanes) is 1. The molecule has 1 amide bonds. The van der Waals surface area contributed by atoms with E-state index in [4.69, 9.17) is 14.8 Å². The van der Waals surface area contributed by atoms with E-state index in [1.54, 1.807) is 23.9 Å². The zero-order valence-corrected chi connectivity index (χ0v) is 20.5. The van der Waals surface area contributed by atoms with Gasteiger partial charge in [-0.15, -0.1) is 5.10 Å². The fourth-order valence-electron chi connectivity index (χ4n) is 3.40. The van der Waals surface area contributed by atoms with Gasteiger partial charge in [0.2, 0.25) is 0 Å². The van der Waals surface area contributed by atoms with Crippen molar-refractivity contribution in [3.8, 4) is 5.75 Å². The van der Waals surface area contributed by atoms with Crippen molar-refractivity contribution in [2.75, 3.05) is 12.9 Å². The van der Waals surface area contributed by atoms with Crippen LogP contribution in [0.15, 0.2) is 55.4 Å². The van der Waals surface area contributed by atoms with Gasteiger partial charge in [-0.25, -0.2) is 5.01 Å². The summed E-state index contributed by atoms with van der Waals surface area (Å²) in [6, 6.07) is 11.5. The molecule has 1 N–H and O–H groups in total. The summed E-state index contributed by atoms with van der Waals surface area (Å²) in [7, 11) is 1.62. The Hall–Kier alpha value is -1.84. The number of hydrazone groups is 1. The number of rotatable bonds is 5. The molecule has 2 aromatic rings. The second-order valence-corrected chi connectivity index (χ2v) is 9.64. The number of halogens is 2. The molecular weight excluding hydrogens is 532 g/mol. The first-order valence-electron chi connectivity index (χ1n) is 9.55. The number of carbonyl (C=O) groups is 1. The summed E-state index contributed by atoms with van der Waals surface area (Å²) < 4.78 is 7.34. The largest absolute Gasteiger partial charge is 0.495 e. The van der Waals surface area contributed by atoms with Crippen molar-refractivity contribution in [2.45, 2.75) is 25.9 Å². The zero-order valence-electron chi connectivity index (χ0n) is 16.5. The number of methoxy groups -OCH3 is 1. The number of nitrogens with zero attached hydrogens (tertiary/aromatic N) is 3. The molecule has 0 unspecified atom stereocenters. The van der Waals surface area contributed by atoms with E-state index in [0.29, 0.717) is 16.6 Å². The summed E-state index contributed by atoms with van der Waals surface area (Å²) >= 11 is 8.67. The fourth-order valence-corrected chi connectivity index (χ4v) is 5.75. The van der Waals surface area contributed by atoms with E-state index < -0.39 is 6.17 Å². The Morgan fingerprint density at radius 2 is 2.07 bits per heavy atom. The van der Waals surface area contributed by atoms with Gasteiger partial charge in [0.15, 0.2) is 11.3 Å². The maximum Gasteiger partial charge on any atom is 0.276 e. The van der Waals surface area contributed by atoms with Crippen molar-refractivity contribution in [1.82, 2.24) is 10.3 Å². The van der Waals surface area contributed by atoms with Crippen LogP contribution in [-0.4, -0.2) is 28.9 Å². The number of benzene rings is 2. The fraction of sp³-hybridized carbons (Fsp3) is 0.286. The van der Waals surface area contributed by atoms with E-state index in [1.165, 1.54) is 0 Å². The Morgan fingerprint density at radius 1 is 1.27 bits per heavy atom. The van der Waals surface area contributed by atoms with Crippen LogP contribution in [0.25, 0.3) is 5.70 Å². The Balaban J connectivity index is 1.91. The highest BCUT2D eigenvalue weighted by molar-refractivity contribution is 9.11. The molecule has 0 saturated heterocycles. The third-order valence-electron chi connectivity index (χ3n) is 4.77. The average molecular weight is 552 g/mol. The number of nitrogens with one attached hydrogen (secondary N) is 1. The van der Waals surface area contributed by atoms with Crippen molar-refractivity contribution in [3.05, 3.63) is 61.5 Å². The topological polar surface area (TPSA) is 66.3 Å². The van der Waals surface area contributed by atoms with Crippen molar-refractivity contribution in [3.63, 3.8) is 0 Å². The van der Waals surface area contributed by atoms with Crippen LogP contribution in [0, 0.1) is 0 Å². The summed E-state index contributed by atoms with van der Waals surface area (Å²) in [6.45, 7) is 2.14. The number of thioether (sulfide) groups is 1. The van der Waals surface area contributed by atoms with Gasteiger partial charge in [-0.1, -0.05) is 59.2 Å². The first-order chi connectivity index (χ1) is 14.5. The number of hydrogen-bond donors (Lipinski definition) is 1. The smallest absolute Gasteiger partial charge is 0.276 e. The number of amidine groups is 1. The monoisotopic (exact) mass is 550 g/mol. The van der Waals surface area contributed by atoms with E-state index in [0.717, 1.165) is 43.7 Å². The summed E-state index contributed by atoms with van der Waals surface area (Å²) in [5, 5.41) is 11.5. The predicted octanol–water partition coefficient (Wildman–Crippen LogP) is 3.90. The van der Waals surface area contributed by atoms with Crippen molar-refractivity contribution in [2.24, 2.45) is 10.1 Å². The molecule has 0 fully saturated rings. The molecular formula is C21H20Br2N4O2S. The van der Waals surface area contributed by atoms with Crippen LogP contribution in [0.1, 0.15) is 31.5 Å². The summed E-state index contributed by atoms with van der Waals surface area (Å²) in [5.41, 5.74) is 1.30. The van der Waals surface area contributed by atoms with Crippen LogP contribution >= 0.6 is 43.6 Å². The number of ether oxygens (including phenoxy) is 1. The van der Waals surface area contributed by atoms with Crippen molar-refractivity contribution < 1.29 is 9.53 Å². The number of hydrogen-bond acceptors (Lipinski definition) is 6. The van der Waals surface area contributed by atoms with Crippen LogP contribution in [0.5, 0.6) is 5.75 Å². The molecule has 0 aliphatic carbocycles. The highest BCUT2D eigenvalue weighted by atomic mass is 79.9. The normalized spacial score (nSPS) is 17.5. The minimum atomic E-state index is -0.536. The standard InChI is InChI=1S/C21H20Br2N4O2S/c1-3-4-9-30-21-25-20(28)17-13-7-5-6-8-16(13)24-19(27(17)26-21)14-10-12(22)11-15(23)18(14)29-2/h5-8,10-11,19H,3-4,9H2,1-2H3,(H,25,26,28)/t19-/m0/s1. The van der Waals surface area contributed by atoms with Gasteiger partial charge >= 0.3 is 0 Å². The van der Waals surface area contributed by atoms with E-state index in [2.05, 4.69) is 44.1 Å². The minimum absolute atomic E-state index is 0.177. The predicted molar refractivity (Wildman–Crippen MR) is 127 cm³/mol. The summed E-state index contributed by atoms with van der Waals surface area (Å²) in [4.78, 5) is 18.1. The zero-order chi connectivity index (χ0) is 21.3. The van der Waals surface area contributed by atoms with Crippen molar-refractivity contribution in [1.29, 1.82) is 0 Å². The van der Waals surface area contributed by atoms with Gasteiger partial charge in [0.1, 0.15) is 11.4 Å². The first-order valence-corrected chi connectivity index (χ1v) is 12.1. The molecule has 1 atom stereocenters. The Bertz CT molecular complexity index is 1150. The number of para-hydroxylation sites is 1. The molecule has 6 nitrogen and oxygen atoms in total. The molecule has 9 heteroatoms. The second-order valence-electron chi connectivity index (χ2n) is 6.78. The Morgan fingerprint density at radius 3 is 2.83 bits per heavy atom. The molecule has 2 aliphatic rings. The molecule has 0 radical (unpaired) electrons. The van der Waals surface area contributed by atoms with E-state index in [9.17, 15) is 4.79 Å². The lowest BCUT2D eigenvalue weighted by Gasteiger charge is -2.34. The SMILES string of the molecule is CCCCSC1=NN2C(=c3ccccc3=N[C@@H]2c2cc(Br)cc(Br)c2OC)C(=O)N1. The van der Waals surface area contributed by atoms with E-state index in [1.807, 2.05) is 36.4 Å². The van der Waals surface area contributed by atoms with Gasteiger partial charge < -0.3 is 4.74 Å². The van der Waals surface area contributed by atoms with Crippen LogP contribution < -0.4 is 20.6 Å². The molecule has 2 aliphatic heterocycles. The number of carbonyl (C=O) groups excluding carboxylic acids is 1. The average Bonchev–Trinajstić information content (AvgIpc) is 2.72. The van der Waals surface area contributed by atoms with Crippen LogP contribution in [-0.2, 0) is 4.79 Å². The number of amides is 1. The lowest BCUT2D eigenvalue weighted by Crippen LogP contribution is -2.50. The van der Waals surface area contributed by atoms with Gasteiger partial charge in [0.05, 0.1) is 16.9 Å².